The summed E-state index contributed by atoms with van der Waals surface area (Å²) in [6.07, 6.45) is 2.26. The van der Waals surface area contributed by atoms with Crippen LogP contribution in [0.4, 0.5) is 0 Å². The third-order valence-electron chi connectivity index (χ3n) is 3.77. The Balaban J connectivity index is 2.22. The van der Waals surface area contributed by atoms with Crippen LogP contribution in [0.25, 0.3) is 11.0 Å². The molecule has 1 aliphatic carbocycles. The van der Waals surface area contributed by atoms with E-state index in [4.69, 9.17) is 4.74 Å². The molecule has 1 aromatic carbocycles. The Labute approximate surface area is 117 Å². The molecule has 1 fully saturated rings. The van der Waals surface area contributed by atoms with Crippen LogP contribution in [0.2, 0.25) is 0 Å². The van der Waals surface area contributed by atoms with Gasteiger partial charge in [-0.2, -0.15) is 0 Å². The molecule has 1 aliphatic rings. The van der Waals surface area contributed by atoms with Crippen molar-refractivity contribution in [2.75, 3.05) is 13.7 Å². The van der Waals surface area contributed by atoms with E-state index >= 15 is 0 Å². The number of methoxy groups -OCH3 is 1. The number of hydrogen-bond donors (Lipinski definition) is 1. The van der Waals surface area contributed by atoms with E-state index in [9.17, 15) is 9.90 Å². The fraction of sp³-hybridized carbons (Fsp3) is 0.467. The summed E-state index contributed by atoms with van der Waals surface area (Å²) in [5.74, 6) is 0.531. The monoisotopic (exact) mass is 274 g/mol. The molecule has 0 bridgehead atoms. The van der Waals surface area contributed by atoms with Crippen LogP contribution >= 0.6 is 0 Å². The van der Waals surface area contributed by atoms with Crippen LogP contribution in [0.15, 0.2) is 18.2 Å². The van der Waals surface area contributed by atoms with Crippen LogP contribution in [-0.4, -0.2) is 34.3 Å². The van der Waals surface area contributed by atoms with E-state index in [1.165, 1.54) is 0 Å². The zero-order valence-electron chi connectivity index (χ0n) is 11.7. The largest absolute Gasteiger partial charge is 0.478 e. The quantitative estimate of drug-likeness (QED) is 0.910. The lowest BCUT2D eigenvalue weighted by Crippen LogP contribution is -2.13. The number of imidazole rings is 1. The van der Waals surface area contributed by atoms with Crippen molar-refractivity contribution in [2.45, 2.75) is 31.7 Å². The average Bonchev–Trinajstić information content (AvgIpc) is 3.18. The van der Waals surface area contributed by atoms with Gasteiger partial charge in [0.1, 0.15) is 11.3 Å². The molecule has 1 N–H and O–H groups in total. The summed E-state index contributed by atoms with van der Waals surface area (Å²) in [7, 11) is 1.68. The molecule has 1 saturated carbocycles. The zero-order valence-corrected chi connectivity index (χ0v) is 11.7. The van der Waals surface area contributed by atoms with Crippen molar-refractivity contribution in [1.29, 1.82) is 0 Å². The fourth-order valence-electron chi connectivity index (χ4n) is 2.72. The van der Waals surface area contributed by atoms with E-state index in [1.807, 2.05) is 6.07 Å². The molecular weight excluding hydrogens is 256 g/mol. The number of rotatable bonds is 5. The number of aromatic nitrogens is 2. The third kappa shape index (κ3) is 2.08. The van der Waals surface area contributed by atoms with E-state index < -0.39 is 5.97 Å². The number of fused-ring (bicyclic) bond motifs is 1. The van der Waals surface area contributed by atoms with Crippen molar-refractivity contribution >= 4 is 17.0 Å². The average molecular weight is 274 g/mol. The number of hydrogen-bond acceptors (Lipinski definition) is 3. The smallest absolute Gasteiger partial charge is 0.337 e. The van der Waals surface area contributed by atoms with E-state index in [-0.39, 0.29) is 11.6 Å². The normalized spacial score (nSPS) is 16.5. The number of aromatic carboxylic acids is 1. The molecule has 1 atom stereocenters. The summed E-state index contributed by atoms with van der Waals surface area (Å²) in [6, 6.07) is 5.47. The highest BCUT2D eigenvalue weighted by Gasteiger charge is 2.31. The lowest BCUT2D eigenvalue weighted by atomic mass is 10.2. The number of carbonyl (C=O) groups is 1. The van der Waals surface area contributed by atoms with Crippen molar-refractivity contribution in [3.05, 3.63) is 29.6 Å². The van der Waals surface area contributed by atoms with E-state index in [0.29, 0.717) is 18.0 Å². The molecule has 5 heteroatoms. The van der Waals surface area contributed by atoms with Gasteiger partial charge in [-0.25, -0.2) is 9.78 Å². The Morgan fingerprint density at radius 2 is 2.30 bits per heavy atom. The van der Waals surface area contributed by atoms with Crippen molar-refractivity contribution < 1.29 is 14.6 Å². The van der Waals surface area contributed by atoms with Gasteiger partial charge in [-0.15, -0.1) is 0 Å². The Morgan fingerprint density at radius 3 is 2.90 bits per heavy atom. The second-order valence-electron chi connectivity index (χ2n) is 5.40. The van der Waals surface area contributed by atoms with Gasteiger partial charge >= 0.3 is 5.97 Å². The van der Waals surface area contributed by atoms with Crippen LogP contribution < -0.4 is 0 Å². The molecule has 2 aromatic rings. The van der Waals surface area contributed by atoms with Crippen LogP contribution in [0.3, 0.4) is 0 Å². The van der Waals surface area contributed by atoms with Crippen molar-refractivity contribution in [2.24, 2.45) is 0 Å². The van der Waals surface area contributed by atoms with Crippen molar-refractivity contribution in [3.63, 3.8) is 0 Å². The van der Waals surface area contributed by atoms with Crippen LogP contribution in [0.1, 0.15) is 47.9 Å². The van der Waals surface area contributed by atoms with Gasteiger partial charge in [-0.05, 0) is 31.9 Å². The molecule has 5 nitrogen and oxygen atoms in total. The lowest BCUT2D eigenvalue weighted by Gasteiger charge is -2.16. The number of carboxylic acids is 1. The number of ether oxygens (including phenoxy) is 1. The summed E-state index contributed by atoms with van der Waals surface area (Å²) in [5, 5.41) is 9.31. The first-order valence-electron chi connectivity index (χ1n) is 6.86. The Kier molecular flexibility index (Phi) is 3.22. The molecule has 106 valence electrons. The zero-order chi connectivity index (χ0) is 14.3. The number of para-hydroxylation sites is 1. The van der Waals surface area contributed by atoms with Gasteiger partial charge in [0.15, 0.2) is 0 Å². The Morgan fingerprint density at radius 1 is 1.55 bits per heavy atom. The van der Waals surface area contributed by atoms with Crippen molar-refractivity contribution in [1.82, 2.24) is 9.55 Å². The second-order valence-corrected chi connectivity index (χ2v) is 5.40. The maximum Gasteiger partial charge on any atom is 0.337 e. The standard InChI is InChI=1S/C15H18N2O3/c1-9(8-20-2)17-12-5-3-4-11(15(18)19)13(12)16-14(17)10-6-7-10/h3-5,9-10H,6-8H2,1-2H3,(H,18,19). The number of carboxylic acid groups (broad SMARTS) is 1. The minimum atomic E-state index is -0.929. The minimum Gasteiger partial charge on any atom is -0.478 e. The molecule has 3 rings (SSSR count). The van der Waals surface area contributed by atoms with Gasteiger partial charge in [0.25, 0.3) is 0 Å². The van der Waals surface area contributed by atoms with Crippen LogP contribution in [0, 0.1) is 0 Å². The maximum absolute atomic E-state index is 11.3. The predicted octanol–water partition coefficient (Wildman–Crippen LogP) is 2.82. The lowest BCUT2D eigenvalue weighted by molar-refractivity contribution is 0.0699. The molecule has 0 saturated heterocycles. The van der Waals surface area contributed by atoms with E-state index in [2.05, 4.69) is 16.5 Å². The number of benzene rings is 1. The first kappa shape index (κ1) is 13.1. The highest BCUT2D eigenvalue weighted by molar-refractivity contribution is 6.01. The first-order valence-corrected chi connectivity index (χ1v) is 6.86. The van der Waals surface area contributed by atoms with Gasteiger partial charge in [0, 0.05) is 13.0 Å². The summed E-state index contributed by atoms with van der Waals surface area (Å²) in [6.45, 7) is 2.66. The van der Waals surface area contributed by atoms with Crippen LogP contribution in [0.5, 0.6) is 0 Å². The third-order valence-corrected chi connectivity index (χ3v) is 3.77. The van der Waals surface area contributed by atoms with E-state index in [0.717, 1.165) is 24.2 Å². The number of nitrogens with zero attached hydrogens (tertiary/aromatic N) is 2. The Hall–Kier alpha value is -1.88. The van der Waals surface area contributed by atoms with Gasteiger partial charge in [0.2, 0.25) is 0 Å². The highest BCUT2D eigenvalue weighted by atomic mass is 16.5. The summed E-state index contributed by atoms with van der Waals surface area (Å²) in [4.78, 5) is 16.0. The fourth-order valence-corrected chi connectivity index (χ4v) is 2.72. The molecule has 0 spiro atoms. The highest BCUT2D eigenvalue weighted by Crippen LogP contribution is 2.42. The second kappa shape index (κ2) is 4.90. The predicted molar refractivity (Wildman–Crippen MR) is 75.3 cm³/mol. The van der Waals surface area contributed by atoms with Gasteiger partial charge in [0.05, 0.1) is 23.7 Å². The van der Waals surface area contributed by atoms with Gasteiger partial charge in [-0.3, -0.25) is 0 Å². The van der Waals surface area contributed by atoms with Crippen LogP contribution in [-0.2, 0) is 4.74 Å². The molecule has 1 unspecified atom stereocenters. The maximum atomic E-state index is 11.3. The molecule has 20 heavy (non-hydrogen) atoms. The molecule has 1 aromatic heterocycles. The summed E-state index contributed by atoms with van der Waals surface area (Å²) in [5.41, 5.74) is 1.74. The molecule has 1 heterocycles. The minimum absolute atomic E-state index is 0.143. The van der Waals surface area contributed by atoms with Crippen molar-refractivity contribution in [3.8, 4) is 0 Å². The first-order chi connectivity index (χ1) is 9.63. The van der Waals surface area contributed by atoms with E-state index in [1.54, 1.807) is 19.2 Å². The summed E-state index contributed by atoms with van der Waals surface area (Å²) < 4.78 is 7.39. The molecule has 0 amide bonds. The Bertz CT molecular complexity index is 658. The van der Waals surface area contributed by atoms with Gasteiger partial charge < -0.3 is 14.4 Å². The molecule has 0 radical (unpaired) electrons. The topological polar surface area (TPSA) is 64.4 Å². The summed E-state index contributed by atoms with van der Waals surface area (Å²) >= 11 is 0. The molecular formula is C15H18N2O3. The van der Waals surface area contributed by atoms with Gasteiger partial charge in [-0.1, -0.05) is 6.07 Å². The molecule has 0 aliphatic heterocycles. The SMILES string of the molecule is COCC(C)n1c(C2CC2)nc2c(C(=O)O)cccc21.